The van der Waals surface area contributed by atoms with E-state index in [1.54, 1.807) is 24.3 Å². The zero-order chi connectivity index (χ0) is 25.3. The maximum absolute atomic E-state index is 11.8. The van der Waals surface area contributed by atoms with Crippen LogP contribution in [0.2, 0.25) is 0 Å². The monoisotopic (exact) mass is 480 g/mol. The minimum atomic E-state index is -1.29. The standard InChI is InChI=1S/C23H28O11/c1-13(24)30-12-19-20(31-14(2)25)21(32-15(3)26)22(33-16(4)27)23(34-19)29-11-5-6-17-7-9-18(28)10-8-17/h5-10,19-23,28H,11-12H2,1-4H3/b6-5+/t19-,20-,21+,22-,23-/m1/s1. The second-order valence-corrected chi connectivity index (χ2v) is 7.39. The number of hydrogen-bond donors (Lipinski definition) is 1. The van der Waals surface area contributed by atoms with Gasteiger partial charge in [-0.1, -0.05) is 24.3 Å². The maximum Gasteiger partial charge on any atom is 0.303 e. The first-order chi connectivity index (χ1) is 16.1. The summed E-state index contributed by atoms with van der Waals surface area (Å²) < 4.78 is 32.5. The van der Waals surface area contributed by atoms with Gasteiger partial charge in [0.2, 0.25) is 0 Å². The van der Waals surface area contributed by atoms with Gasteiger partial charge in [-0.3, -0.25) is 19.2 Å². The fraction of sp³-hybridized carbons (Fsp3) is 0.478. The van der Waals surface area contributed by atoms with Crippen molar-refractivity contribution in [2.45, 2.75) is 58.4 Å². The molecular formula is C23H28O11. The highest BCUT2D eigenvalue weighted by molar-refractivity contribution is 5.68. The molecule has 1 aromatic carbocycles. The zero-order valence-corrected chi connectivity index (χ0v) is 19.3. The Kier molecular flexibility index (Phi) is 10.0. The van der Waals surface area contributed by atoms with Gasteiger partial charge in [-0.15, -0.1) is 0 Å². The van der Waals surface area contributed by atoms with Crippen LogP contribution in [0.4, 0.5) is 0 Å². The Morgan fingerprint density at radius 2 is 1.41 bits per heavy atom. The van der Waals surface area contributed by atoms with E-state index in [9.17, 15) is 24.3 Å². The van der Waals surface area contributed by atoms with Crippen LogP contribution in [0.15, 0.2) is 30.3 Å². The van der Waals surface area contributed by atoms with Crippen molar-refractivity contribution in [1.82, 2.24) is 0 Å². The Hall–Kier alpha value is -3.44. The van der Waals surface area contributed by atoms with E-state index in [1.165, 1.54) is 19.1 Å². The summed E-state index contributed by atoms with van der Waals surface area (Å²) in [4.78, 5) is 46.6. The third-order valence-electron chi connectivity index (χ3n) is 4.51. The average molecular weight is 480 g/mol. The van der Waals surface area contributed by atoms with Crippen LogP contribution in [0.25, 0.3) is 6.08 Å². The summed E-state index contributed by atoms with van der Waals surface area (Å²) >= 11 is 0. The minimum Gasteiger partial charge on any atom is -0.508 e. The van der Waals surface area contributed by atoms with Gasteiger partial charge in [0.15, 0.2) is 24.6 Å². The van der Waals surface area contributed by atoms with Crippen LogP contribution in [0.3, 0.4) is 0 Å². The topological polar surface area (TPSA) is 144 Å². The van der Waals surface area contributed by atoms with Crippen molar-refractivity contribution in [3.05, 3.63) is 35.9 Å². The molecule has 1 heterocycles. The van der Waals surface area contributed by atoms with Crippen molar-refractivity contribution in [2.75, 3.05) is 13.2 Å². The van der Waals surface area contributed by atoms with Crippen LogP contribution in [0.5, 0.6) is 5.75 Å². The van der Waals surface area contributed by atoms with Crippen molar-refractivity contribution in [2.24, 2.45) is 0 Å². The van der Waals surface area contributed by atoms with E-state index in [0.717, 1.165) is 26.3 Å². The van der Waals surface area contributed by atoms with Gasteiger partial charge in [0, 0.05) is 27.7 Å². The zero-order valence-electron chi connectivity index (χ0n) is 19.3. The van der Waals surface area contributed by atoms with E-state index >= 15 is 0 Å². The summed E-state index contributed by atoms with van der Waals surface area (Å²) in [6, 6.07) is 6.44. The molecule has 186 valence electrons. The predicted molar refractivity (Wildman–Crippen MR) is 115 cm³/mol. The first-order valence-corrected chi connectivity index (χ1v) is 10.4. The highest BCUT2D eigenvalue weighted by Gasteiger charge is 2.52. The maximum atomic E-state index is 11.8. The molecule has 0 spiro atoms. The molecule has 11 nitrogen and oxygen atoms in total. The molecule has 1 N–H and O–H groups in total. The summed E-state index contributed by atoms with van der Waals surface area (Å²) in [6.45, 7) is 4.29. The molecule has 0 radical (unpaired) electrons. The van der Waals surface area contributed by atoms with Crippen molar-refractivity contribution in [3.8, 4) is 5.75 Å². The van der Waals surface area contributed by atoms with E-state index in [0.29, 0.717) is 0 Å². The molecule has 0 saturated carbocycles. The molecule has 0 unspecified atom stereocenters. The molecule has 1 aliphatic heterocycles. The van der Waals surface area contributed by atoms with Crippen molar-refractivity contribution in [3.63, 3.8) is 0 Å². The molecular weight excluding hydrogens is 452 g/mol. The van der Waals surface area contributed by atoms with E-state index in [2.05, 4.69) is 0 Å². The predicted octanol–water partition coefficient (Wildman–Crippen LogP) is 1.51. The van der Waals surface area contributed by atoms with Gasteiger partial charge >= 0.3 is 23.9 Å². The molecule has 0 aliphatic carbocycles. The SMILES string of the molecule is CC(=O)OC[C@H]1O[C@@H](OC/C=C/c2ccc(O)cc2)[C@H](OC(C)=O)[C@@H](OC(C)=O)[C@@H]1OC(C)=O. The molecule has 0 amide bonds. The number of hydrogen-bond acceptors (Lipinski definition) is 11. The second-order valence-electron chi connectivity index (χ2n) is 7.39. The van der Waals surface area contributed by atoms with E-state index in [4.69, 9.17) is 28.4 Å². The number of aromatic hydroxyl groups is 1. The minimum absolute atomic E-state index is 0.00534. The average Bonchev–Trinajstić information content (AvgIpc) is 2.74. The molecule has 5 atom stereocenters. The Labute approximate surface area is 196 Å². The third kappa shape index (κ3) is 8.49. The molecule has 34 heavy (non-hydrogen) atoms. The lowest BCUT2D eigenvalue weighted by Crippen LogP contribution is -2.62. The van der Waals surface area contributed by atoms with Gasteiger partial charge in [0.25, 0.3) is 0 Å². The highest BCUT2D eigenvalue weighted by Crippen LogP contribution is 2.30. The normalized spacial score (nSPS) is 24.3. The molecule has 1 fully saturated rings. The Bertz CT molecular complexity index is 893. The lowest BCUT2D eigenvalue weighted by Gasteiger charge is -2.43. The van der Waals surface area contributed by atoms with Gasteiger partial charge < -0.3 is 33.5 Å². The van der Waals surface area contributed by atoms with Crippen molar-refractivity contribution in [1.29, 1.82) is 0 Å². The van der Waals surface area contributed by atoms with Gasteiger partial charge in [0.05, 0.1) is 6.61 Å². The Balaban J connectivity index is 2.27. The Morgan fingerprint density at radius 3 is 1.97 bits per heavy atom. The first-order valence-electron chi connectivity index (χ1n) is 10.4. The van der Waals surface area contributed by atoms with Gasteiger partial charge in [-0.05, 0) is 17.7 Å². The number of esters is 4. The molecule has 1 saturated heterocycles. The van der Waals surface area contributed by atoms with Crippen LogP contribution in [-0.2, 0) is 47.6 Å². The van der Waals surface area contributed by atoms with E-state index in [1.807, 2.05) is 0 Å². The smallest absolute Gasteiger partial charge is 0.303 e. The fourth-order valence-electron chi connectivity index (χ4n) is 3.24. The van der Waals surface area contributed by atoms with Crippen LogP contribution in [0.1, 0.15) is 33.3 Å². The first kappa shape index (κ1) is 26.8. The van der Waals surface area contributed by atoms with Crippen LogP contribution in [-0.4, -0.2) is 72.9 Å². The molecule has 0 aromatic heterocycles. The van der Waals surface area contributed by atoms with Gasteiger partial charge in [-0.25, -0.2) is 0 Å². The van der Waals surface area contributed by atoms with Gasteiger partial charge in [0.1, 0.15) is 18.5 Å². The molecule has 1 aromatic rings. The number of benzene rings is 1. The molecule has 0 bridgehead atoms. The summed E-state index contributed by atoms with van der Waals surface area (Å²) in [6.07, 6.45) is -2.74. The van der Waals surface area contributed by atoms with E-state index < -0.39 is 54.6 Å². The quantitative estimate of drug-likeness (QED) is 0.405. The van der Waals surface area contributed by atoms with Crippen LogP contribution >= 0.6 is 0 Å². The summed E-state index contributed by atoms with van der Waals surface area (Å²) in [5.41, 5.74) is 0.794. The lowest BCUT2D eigenvalue weighted by molar-refractivity contribution is -0.305. The third-order valence-corrected chi connectivity index (χ3v) is 4.51. The molecule has 11 heteroatoms. The largest absolute Gasteiger partial charge is 0.508 e. The van der Waals surface area contributed by atoms with Crippen LogP contribution < -0.4 is 0 Å². The number of ether oxygens (including phenoxy) is 6. The second kappa shape index (κ2) is 12.7. The fourth-order valence-corrected chi connectivity index (χ4v) is 3.24. The molecule has 2 rings (SSSR count). The highest BCUT2D eigenvalue weighted by atomic mass is 16.7. The molecule has 1 aliphatic rings. The lowest BCUT2D eigenvalue weighted by atomic mass is 9.98. The van der Waals surface area contributed by atoms with E-state index in [-0.39, 0.29) is 19.0 Å². The number of carbonyl (C=O) groups excluding carboxylic acids is 4. The van der Waals surface area contributed by atoms with Crippen LogP contribution in [0, 0.1) is 0 Å². The van der Waals surface area contributed by atoms with Crippen molar-refractivity contribution < 1.29 is 52.7 Å². The summed E-state index contributed by atoms with van der Waals surface area (Å²) in [7, 11) is 0. The number of carbonyl (C=O) groups is 4. The number of phenols is 1. The summed E-state index contributed by atoms with van der Waals surface area (Å²) in [5.74, 6) is -2.62. The Morgan fingerprint density at radius 1 is 0.853 bits per heavy atom. The summed E-state index contributed by atoms with van der Waals surface area (Å²) in [5, 5.41) is 9.36. The van der Waals surface area contributed by atoms with Crippen molar-refractivity contribution >= 4 is 30.0 Å². The number of phenolic OH excluding ortho intramolecular Hbond substituents is 1. The van der Waals surface area contributed by atoms with Gasteiger partial charge in [-0.2, -0.15) is 0 Å². The number of rotatable bonds is 9.